The number of guanidine groups is 1. The fourth-order valence-corrected chi connectivity index (χ4v) is 3.30. The molecule has 6 heteroatoms. The van der Waals surface area contributed by atoms with Crippen molar-refractivity contribution in [2.24, 2.45) is 12.0 Å². The SMILES string of the molecule is CCNC(=NCCc1cnn(C)c1)N1CCOC(c2ccccc2C)C1. The van der Waals surface area contributed by atoms with Crippen LogP contribution >= 0.6 is 0 Å². The third-order valence-corrected chi connectivity index (χ3v) is 4.66. The molecule has 0 radical (unpaired) electrons. The number of aryl methyl sites for hydroxylation is 2. The Kier molecular flexibility index (Phi) is 6.28. The Bertz CT molecular complexity index is 739. The molecule has 2 aromatic rings. The Hall–Kier alpha value is -2.34. The van der Waals surface area contributed by atoms with Crippen LogP contribution in [0.5, 0.6) is 0 Å². The molecule has 1 aliphatic heterocycles. The summed E-state index contributed by atoms with van der Waals surface area (Å²) < 4.78 is 7.88. The molecule has 1 aliphatic rings. The van der Waals surface area contributed by atoms with Crippen molar-refractivity contribution >= 4 is 5.96 Å². The van der Waals surface area contributed by atoms with Gasteiger partial charge in [-0.3, -0.25) is 9.67 Å². The van der Waals surface area contributed by atoms with E-state index in [9.17, 15) is 0 Å². The third kappa shape index (κ3) is 4.64. The van der Waals surface area contributed by atoms with Crippen LogP contribution in [-0.4, -0.2) is 53.4 Å². The molecule has 0 saturated carbocycles. The van der Waals surface area contributed by atoms with Gasteiger partial charge in [-0.2, -0.15) is 5.10 Å². The van der Waals surface area contributed by atoms with Crippen LogP contribution < -0.4 is 5.32 Å². The maximum atomic E-state index is 6.04. The molecule has 1 fully saturated rings. The Morgan fingerprint density at radius 1 is 1.38 bits per heavy atom. The fourth-order valence-electron chi connectivity index (χ4n) is 3.30. The van der Waals surface area contributed by atoms with Gasteiger partial charge < -0.3 is 15.0 Å². The van der Waals surface area contributed by atoms with E-state index in [4.69, 9.17) is 9.73 Å². The monoisotopic (exact) mass is 355 g/mol. The number of nitrogens with one attached hydrogen (secondary N) is 1. The molecular formula is C20H29N5O. The fraction of sp³-hybridized carbons (Fsp3) is 0.500. The zero-order valence-corrected chi connectivity index (χ0v) is 16.0. The summed E-state index contributed by atoms with van der Waals surface area (Å²) in [5, 5.41) is 7.65. The highest BCUT2D eigenvalue weighted by atomic mass is 16.5. The summed E-state index contributed by atoms with van der Waals surface area (Å²) in [5.74, 6) is 0.971. The number of hydrogen-bond acceptors (Lipinski definition) is 3. The number of nitrogens with zero attached hydrogens (tertiary/aromatic N) is 4. The Balaban J connectivity index is 1.66. The van der Waals surface area contributed by atoms with Crippen LogP contribution in [0.1, 0.15) is 29.7 Å². The van der Waals surface area contributed by atoms with Gasteiger partial charge in [-0.15, -0.1) is 0 Å². The van der Waals surface area contributed by atoms with Crippen molar-refractivity contribution in [3.63, 3.8) is 0 Å². The number of hydrogen-bond donors (Lipinski definition) is 1. The lowest BCUT2D eigenvalue weighted by Gasteiger charge is -2.35. The maximum Gasteiger partial charge on any atom is 0.194 e. The summed E-state index contributed by atoms with van der Waals surface area (Å²) in [6.07, 6.45) is 4.94. The molecule has 0 amide bonds. The first kappa shape index (κ1) is 18.5. The van der Waals surface area contributed by atoms with E-state index in [1.54, 1.807) is 0 Å². The van der Waals surface area contributed by atoms with E-state index >= 15 is 0 Å². The number of aliphatic imine (C=N–C) groups is 1. The summed E-state index contributed by atoms with van der Waals surface area (Å²) in [6, 6.07) is 8.46. The van der Waals surface area contributed by atoms with Crippen molar-refractivity contribution in [3.8, 4) is 0 Å². The van der Waals surface area contributed by atoms with E-state index in [2.05, 4.69) is 53.4 Å². The zero-order valence-electron chi connectivity index (χ0n) is 16.0. The minimum Gasteiger partial charge on any atom is -0.370 e. The van der Waals surface area contributed by atoms with Gasteiger partial charge in [0.2, 0.25) is 0 Å². The molecule has 1 unspecified atom stereocenters. The first-order valence-corrected chi connectivity index (χ1v) is 9.35. The predicted molar refractivity (Wildman–Crippen MR) is 104 cm³/mol. The minimum atomic E-state index is 0.0899. The van der Waals surface area contributed by atoms with Crippen LogP contribution in [0.2, 0.25) is 0 Å². The molecule has 1 aromatic heterocycles. The minimum absolute atomic E-state index is 0.0899. The first-order chi connectivity index (χ1) is 12.7. The molecule has 26 heavy (non-hydrogen) atoms. The Morgan fingerprint density at radius 2 is 2.23 bits per heavy atom. The predicted octanol–water partition coefficient (Wildman–Crippen LogP) is 2.31. The van der Waals surface area contributed by atoms with Crippen LogP contribution in [0.4, 0.5) is 0 Å². The van der Waals surface area contributed by atoms with Gasteiger partial charge in [-0.1, -0.05) is 24.3 Å². The molecule has 1 N–H and O–H groups in total. The molecule has 1 saturated heterocycles. The topological polar surface area (TPSA) is 54.7 Å². The largest absolute Gasteiger partial charge is 0.370 e. The van der Waals surface area contributed by atoms with E-state index in [1.165, 1.54) is 16.7 Å². The summed E-state index contributed by atoms with van der Waals surface area (Å²) in [7, 11) is 1.94. The highest BCUT2D eigenvalue weighted by molar-refractivity contribution is 5.80. The van der Waals surface area contributed by atoms with Crippen molar-refractivity contribution in [1.82, 2.24) is 20.0 Å². The lowest BCUT2D eigenvalue weighted by molar-refractivity contribution is -0.00832. The van der Waals surface area contributed by atoms with Gasteiger partial charge in [-0.25, -0.2) is 0 Å². The van der Waals surface area contributed by atoms with Gasteiger partial charge in [0.05, 0.1) is 19.3 Å². The summed E-state index contributed by atoms with van der Waals surface area (Å²) in [5.41, 5.74) is 3.76. The average molecular weight is 355 g/mol. The number of ether oxygens (including phenoxy) is 1. The Labute approximate surface area is 155 Å². The highest BCUT2D eigenvalue weighted by Gasteiger charge is 2.25. The maximum absolute atomic E-state index is 6.04. The van der Waals surface area contributed by atoms with Gasteiger partial charge in [0.15, 0.2) is 5.96 Å². The van der Waals surface area contributed by atoms with Crippen LogP contribution in [0, 0.1) is 6.92 Å². The molecule has 1 aromatic carbocycles. The highest BCUT2D eigenvalue weighted by Crippen LogP contribution is 2.24. The summed E-state index contributed by atoms with van der Waals surface area (Å²) in [4.78, 5) is 7.14. The molecule has 2 heterocycles. The number of rotatable bonds is 5. The number of aromatic nitrogens is 2. The van der Waals surface area contributed by atoms with E-state index in [0.29, 0.717) is 6.61 Å². The van der Waals surface area contributed by atoms with E-state index < -0.39 is 0 Å². The standard InChI is InChI=1S/C20H29N5O/c1-4-21-20(22-10-9-17-13-23-24(3)14-17)25-11-12-26-19(15-25)18-8-6-5-7-16(18)2/h5-8,13-14,19H,4,9-12,15H2,1-3H3,(H,21,22). The van der Waals surface area contributed by atoms with Crippen molar-refractivity contribution < 1.29 is 4.74 Å². The van der Waals surface area contributed by atoms with Crippen LogP contribution in [0.25, 0.3) is 0 Å². The van der Waals surface area contributed by atoms with Crippen molar-refractivity contribution in [2.45, 2.75) is 26.4 Å². The quantitative estimate of drug-likeness (QED) is 0.661. The van der Waals surface area contributed by atoms with Crippen LogP contribution in [0.15, 0.2) is 41.7 Å². The summed E-state index contributed by atoms with van der Waals surface area (Å²) in [6.45, 7) is 8.26. The molecule has 140 valence electrons. The Morgan fingerprint density at radius 3 is 2.96 bits per heavy atom. The second kappa shape index (κ2) is 8.85. The summed E-state index contributed by atoms with van der Waals surface area (Å²) >= 11 is 0. The smallest absolute Gasteiger partial charge is 0.194 e. The van der Waals surface area contributed by atoms with Crippen LogP contribution in [-0.2, 0) is 18.2 Å². The molecule has 0 spiro atoms. The molecule has 1 atom stereocenters. The van der Waals surface area contributed by atoms with Crippen molar-refractivity contribution in [3.05, 3.63) is 53.3 Å². The van der Waals surface area contributed by atoms with Crippen LogP contribution in [0.3, 0.4) is 0 Å². The lowest BCUT2D eigenvalue weighted by atomic mass is 10.0. The third-order valence-electron chi connectivity index (χ3n) is 4.66. The zero-order chi connectivity index (χ0) is 18.4. The number of benzene rings is 1. The average Bonchev–Trinajstić information content (AvgIpc) is 3.07. The van der Waals surface area contributed by atoms with Gasteiger partial charge >= 0.3 is 0 Å². The normalized spacial score (nSPS) is 18.2. The van der Waals surface area contributed by atoms with Crippen molar-refractivity contribution in [1.29, 1.82) is 0 Å². The second-order valence-corrected chi connectivity index (χ2v) is 6.67. The molecular weight excluding hydrogens is 326 g/mol. The lowest BCUT2D eigenvalue weighted by Crippen LogP contribution is -2.48. The van der Waals surface area contributed by atoms with E-state index in [1.807, 2.05) is 24.1 Å². The van der Waals surface area contributed by atoms with Crippen molar-refractivity contribution in [2.75, 3.05) is 32.8 Å². The van der Waals surface area contributed by atoms with Gasteiger partial charge in [0.1, 0.15) is 6.10 Å². The van der Waals surface area contributed by atoms with Gasteiger partial charge in [0.25, 0.3) is 0 Å². The van der Waals surface area contributed by atoms with Gasteiger partial charge in [-0.05, 0) is 37.0 Å². The first-order valence-electron chi connectivity index (χ1n) is 9.35. The molecule has 3 rings (SSSR count). The molecule has 0 aliphatic carbocycles. The van der Waals surface area contributed by atoms with E-state index in [0.717, 1.165) is 38.6 Å². The van der Waals surface area contributed by atoms with Gasteiger partial charge in [0, 0.05) is 32.9 Å². The molecule has 6 nitrogen and oxygen atoms in total. The molecule has 0 bridgehead atoms. The second-order valence-electron chi connectivity index (χ2n) is 6.67. The van der Waals surface area contributed by atoms with E-state index in [-0.39, 0.29) is 6.10 Å². The number of morpholine rings is 1.